The van der Waals surface area contributed by atoms with Gasteiger partial charge in [0.1, 0.15) is 6.61 Å². The second kappa shape index (κ2) is 11.3. The van der Waals surface area contributed by atoms with Gasteiger partial charge in [-0.3, -0.25) is 0 Å². The molecule has 7 heteroatoms. The average Bonchev–Trinajstić information content (AvgIpc) is 3.09. The fourth-order valence-corrected chi connectivity index (χ4v) is 6.24. The maximum atomic E-state index is 12.3. The first-order valence-corrected chi connectivity index (χ1v) is 18.6. The molecule has 0 bridgehead atoms. The van der Waals surface area contributed by atoms with Gasteiger partial charge < -0.3 is 18.9 Å². The van der Waals surface area contributed by atoms with Crippen LogP contribution in [0.25, 0.3) is 0 Å². The normalized spacial score (nSPS) is 22.0. The van der Waals surface area contributed by atoms with Gasteiger partial charge in [-0.1, -0.05) is 71.9 Å². The third kappa shape index (κ3) is 8.21. The molecule has 1 saturated carbocycles. The van der Waals surface area contributed by atoms with Gasteiger partial charge in [-0.05, 0) is 60.6 Å². The molecule has 0 saturated heterocycles. The molecule has 0 spiro atoms. The highest BCUT2D eigenvalue weighted by atomic mass is 28.4. The van der Waals surface area contributed by atoms with E-state index in [0.717, 1.165) is 25.0 Å². The highest BCUT2D eigenvalue weighted by molar-refractivity contribution is 6.74. The topological polar surface area (TPSA) is 56.8 Å². The van der Waals surface area contributed by atoms with Gasteiger partial charge in [0.15, 0.2) is 16.6 Å². The van der Waals surface area contributed by atoms with Crippen LogP contribution in [0.3, 0.4) is 0 Å². The van der Waals surface area contributed by atoms with E-state index in [1.807, 2.05) is 30.3 Å². The molecule has 1 amide bonds. The molecule has 194 valence electrons. The zero-order valence-corrected chi connectivity index (χ0v) is 25.3. The van der Waals surface area contributed by atoms with Crippen LogP contribution in [0.2, 0.25) is 36.3 Å². The van der Waals surface area contributed by atoms with Crippen molar-refractivity contribution < 1.29 is 18.4 Å². The Morgan fingerprint density at radius 1 is 0.941 bits per heavy atom. The number of benzene rings is 1. The lowest BCUT2D eigenvalue weighted by molar-refractivity contribution is 0.101. The Bertz CT molecular complexity index is 784. The first-order chi connectivity index (χ1) is 15.5. The molecule has 5 nitrogen and oxygen atoms in total. The summed E-state index contributed by atoms with van der Waals surface area (Å²) in [5.41, 5.74) is 0.990. The number of ether oxygens (including phenoxy) is 1. The van der Waals surface area contributed by atoms with E-state index in [1.54, 1.807) is 0 Å². The summed E-state index contributed by atoms with van der Waals surface area (Å²) in [7, 11) is -3.74. The van der Waals surface area contributed by atoms with E-state index in [1.165, 1.54) is 0 Å². The fourth-order valence-electron chi connectivity index (χ4n) is 3.77. The molecule has 2 rings (SSSR count). The summed E-state index contributed by atoms with van der Waals surface area (Å²) in [5.74, 6) is 0.724. The van der Waals surface area contributed by atoms with Crippen molar-refractivity contribution in [1.29, 1.82) is 0 Å². The van der Waals surface area contributed by atoms with Crippen molar-refractivity contribution in [3.63, 3.8) is 0 Å². The van der Waals surface area contributed by atoms with E-state index in [9.17, 15) is 4.79 Å². The van der Waals surface area contributed by atoms with Gasteiger partial charge in [0.05, 0.1) is 6.10 Å². The summed E-state index contributed by atoms with van der Waals surface area (Å²) in [6.45, 7) is 24.6. The molecule has 0 heterocycles. The van der Waals surface area contributed by atoms with Gasteiger partial charge >= 0.3 is 6.09 Å². The van der Waals surface area contributed by atoms with Crippen LogP contribution in [-0.2, 0) is 20.2 Å². The van der Waals surface area contributed by atoms with E-state index >= 15 is 0 Å². The number of carbonyl (C=O) groups is 1. The molecular formula is C27H49NO4Si2. The molecule has 0 aromatic heterocycles. The molecule has 0 unspecified atom stereocenters. The molecular weight excluding hydrogens is 458 g/mol. The SMILES string of the molecule is CC(C)(C)[Si](C)(C)OC[C@@H]1C[C@@H](CNC(=O)OCc2ccccc2)C[C@@H]1O[Si](C)(C)C(C)(C)C. The molecule has 0 radical (unpaired) electrons. The predicted octanol–water partition coefficient (Wildman–Crippen LogP) is 7.35. The minimum atomic E-state index is -1.90. The highest BCUT2D eigenvalue weighted by Crippen LogP contribution is 2.43. The van der Waals surface area contributed by atoms with Gasteiger partial charge in [-0.15, -0.1) is 0 Å². The van der Waals surface area contributed by atoms with Crippen LogP contribution in [0.4, 0.5) is 4.79 Å². The number of carbonyl (C=O) groups excluding carboxylic acids is 1. The lowest BCUT2D eigenvalue weighted by Gasteiger charge is -2.41. The molecule has 34 heavy (non-hydrogen) atoms. The van der Waals surface area contributed by atoms with E-state index < -0.39 is 16.6 Å². The molecule has 1 aromatic rings. The van der Waals surface area contributed by atoms with Crippen LogP contribution >= 0.6 is 0 Å². The van der Waals surface area contributed by atoms with E-state index in [-0.39, 0.29) is 28.9 Å². The third-order valence-corrected chi connectivity index (χ3v) is 17.2. The molecule has 1 aromatic carbocycles. The zero-order valence-electron chi connectivity index (χ0n) is 23.3. The summed E-state index contributed by atoms with van der Waals surface area (Å²) in [4.78, 5) is 12.3. The summed E-state index contributed by atoms with van der Waals surface area (Å²) < 4.78 is 18.9. The van der Waals surface area contributed by atoms with Gasteiger partial charge in [0, 0.05) is 19.1 Å². The van der Waals surface area contributed by atoms with Crippen molar-refractivity contribution in [2.24, 2.45) is 11.8 Å². The van der Waals surface area contributed by atoms with E-state index in [0.29, 0.717) is 18.4 Å². The molecule has 3 atom stereocenters. The largest absolute Gasteiger partial charge is 0.445 e. The van der Waals surface area contributed by atoms with Gasteiger partial charge in [-0.2, -0.15) is 0 Å². The Hall–Kier alpha value is -1.16. The Labute approximate surface area is 210 Å². The van der Waals surface area contributed by atoms with Crippen molar-refractivity contribution in [2.75, 3.05) is 13.2 Å². The van der Waals surface area contributed by atoms with Crippen molar-refractivity contribution >= 4 is 22.7 Å². The monoisotopic (exact) mass is 507 g/mol. The second-order valence-corrected chi connectivity index (χ2v) is 22.6. The first kappa shape index (κ1) is 29.1. The molecule has 0 aliphatic heterocycles. The number of hydrogen-bond donors (Lipinski definition) is 1. The minimum Gasteiger partial charge on any atom is -0.445 e. The van der Waals surface area contributed by atoms with Crippen LogP contribution in [0.5, 0.6) is 0 Å². The quantitative estimate of drug-likeness (QED) is 0.355. The van der Waals surface area contributed by atoms with Crippen molar-refractivity contribution in [1.82, 2.24) is 5.32 Å². The van der Waals surface area contributed by atoms with Gasteiger partial charge in [-0.25, -0.2) is 4.79 Å². The van der Waals surface area contributed by atoms with E-state index in [4.69, 9.17) is 13.6 Å². The van der Waals surface area contributed by atoms with Crippen molar-refractivity contribution in [2.45, 2.75) is 103 Å². The maximum absolute atomic E-state index is 12.3. The zero-order chi connectivity index (χ0) is 25.8. The Balaban J connectivity index is 1.98. The lowest BCUT2D eigenvalue weighted by Crippen LogP contribution is -2.46. The van der Waals surface area contributed by atoms with Crippen LogP contribution in [0.1, 0.15) is 59.9 Å². The number of hydrogen-bond acceptors (Lipinski definition) is 4. The van der Waals surface area contributed by atoms with Crippen LogP contribution in [-0.4, -0.2) is 42.0 Å². The average molecular weight is 508 g/mol. The van der Waals surface area contributed by atoms with Gasteiger partial charge in [0.25, 0.3) is 0 Å². The first-order valence-electron chi connectivity index (χ1n) is 12.8. The standard InChI is InChI=1S/C27H49NO4Si2/c1-26(2,3)33(7,8)31-20-23-16-22(17-24(23)32-34(9,10)27(4,5)6)18-28-25(29)30-19-21-14-12-11-13-15-21/h11-15,22-24H,16-20H2,1-10H3,(H,28,29)/t22-,23+,24+/m1/s1. The smallest absolute Gasteiger partial charge is 0.407 e. The number of rotatable bonds is 9. The number of alkyl carbamates (subject to hydrolysis) is 1. The lowest BCUT2D eigenvalue weighted by atomic mass is 10.1. The number of nitrogens with one attached hydrogen (secondary N) is 1. The fraction of sp³-hybridized carbons (Fsp3) is 0.741. The highest BCUT2D eigenvalue weighted by Gasteiger charge is 2.45. The van der Waals surface area contributed by atoms with Gasteiger partial charge in [0.2, 0.25) is 0 Å². The molecule has 1 fully saturated rings. The predicted molar refractivity (Wildman–Crippen MR) is 146 cm³/mol. The summed E-state index contributed by atoms with van der Waals surface area (Å²) in [6.07, 6.45) is 1.79. The minimum absolute atomic E-state index is 0.162. The van der Waals surface area contributed by atoms with Crippen LogP contribution in [0.15, 0.2) is 30.3 Å². The molecule has 1 aliphatic carbocycles. The maximum Gasteiger partial charge on any atom is 0.407 e. The number of amides is 1. The Kier molecular flexibility index (Phi) is 9.64. The second-order valence-electron chi connectivity index (χ2n) is 13.0. The third-order valence-electron chi connectivity index (χ3n) is 8.19. The van der Waals surface area contributed by atoms with Crippen LogP contribution < -0.4 is 5.32 Å². The Morgan fingerprint density at radius 2 is 1.53 bits per heavy atom. The summed E-state index contributed by atoms with van der Waals surface area (Å²) >= 11 is 0. The van der Waals surface area contributed by atoms with Crippen molar-refractivity contribution in [3.8, 4) is 0 Å². The molecule has 1 aliphatic rings. The van der Waals surface area contributed by atoms with E-state index in [2.05, 4.69) is 73.0 Å². The summed E-state index contributed by atoms with van der Waals surface area (Å²) in [5, 5.41) is 3.34. The van der Waals surface area contributed by atoms with Crippen molar-refractivity contribution in [3.05, 3.63) is 35.9 Å². The molecule has 1 N–H and O–H groups in total. The summed E-state index contributed by atoms with van der Waals surface area (Å²) in [6, 6.07) is 9.77. The Morgan fingerprint density at radius 3 is 2.09 bits per heavy atom. The van der Waals surface area contributed by atoms with Crippen LogP contribution in [0, 0.1) is 11.8 Å².